The SMILES string of the molecule is CCNC(=O)OCc1nn(C)cc1Br. The van der Waals surface area contributed by atoms with Crippen molar-refractivity contribution < 1.29 is 9.53 Å². The van der Waals surface area contributed by atoms with Gasteiger partial charge in [0.25, 0.3) is 0 Å². The van der Waals surface area contributed by atoms with E-state index in [1.54, 1.807) is 17.9 Å². The second-order valence-corrected chi connectivity index (χ2v) is 3.56. The van der Waals surface area contributed by atoms with Gasteiger partial charge in [-0.2, -0.15) is 5.10 Å². The van der Waals surface area contributed by atoms with Gasteiger partial charge in [-0.15, -0.1) is 0 Å². The quantitative estimate of drug-likeness (QED) is 0.896. The van der Waals surface area contributed by atoms with Crippen LogP contribution in [0.15, 0.2) is 10.7 Å². The number of carbonyl (C=O) groups is 1. The minimum Gasteiger partial charge on any atom is -0.443 e. The number of hydrogen-bond acceptors (Lipinski definition) is 3. The van der Waals surface area contributed by atoms with E-state index < -0.39 is 6.09 Å². The minimum absolute atomic E-state index is 0.174. The van der Waals surface area contributed by atoms with Crippen LogP contribution in [0, 0.1) is 0 Å². The lowest BCUT2D eigenvalue weighted by Gasteiger charge is -2.02. The highest BCUT2D eigenvalue weighted by Gasteiger charge is 2.07. The highest BCUT2D eigenvalue weighted by Crippen LogP contribution is 2.14. The van der Waals surface area contributed by atoms with Crippen molar-refractivity contribution in [3.05, 3.63) is 16.4 Å². The summed E-state index contributed by atoms with van der Waals surface area (Å²) >= 11 is 3.31. The van der Waals surface area contributed by atoms with Gasteiger partial charge in [-0.25, -0.2) is 4.79 Å². The zero-order chi connectivity index (χ0) is 10.6. The molecule has 0 unspecified atom stereocenters. The monoisotopic (exact) mass is 261 g/mol. The van der Waals surface area contributed by atoms with E-state index in [0.717, 1.165) is 4.47 Å². The number of amides is 1. The number of halogens is 1. The Balaban J connectivity index is 2.45. The number of nitrogens with one attached hydrogen (secondary N) is 1. The van der Waals surface area contributed by atoms with Crippen LogP contribution in [0.2, 0.25) is 0 Å². The molecular formula is C8H12BrN3O2. The Bertz CT molecular complexity index is 324. The fourth-order valence-corrected chi connectivity index (χ4v) is 1.42. The fourth-order valence-electron chi connectivity index (χ4n) is 0.933. The molecule has 0 spiro atoms. The standard InChI is InChI=1S/C8H12BrN3O2/c1-3-10-8(13)14-5-7-6(9)4-12(2)11-7/h4H,3,5H2,1-2H3,(H,10,13). The molecule has 0 bridgehead atoms. The number of aromatic nitrogens is 2. The zero-order valence-corrected chi connectivity index (χ0v) is 9.67. The van der Waals surface area contributed by atoms with Crippen molar-refractivity contribution in [1.29, 1.82) is 0 Å². The summed E-state index contributed by atoms with van der Waals surface area (Å²) in [6.45, 7) is 2.56. The second-order valence-electron chi connectivity index (χ2n) is 2.70. The third-order valence-corrected chi connectivity index (χ3v) is 2.18. The Hall–Kier alpha value is -1.04. The predicted octanol–water partition coefficient (Wildman–Crippen LogP) is 1.43. The van der Waals surface area contributed by atoms with Crippen molar-refractivity contribution in [1.82, 2.24) is 15.1 Å². The smallest absolute Gasteiger partial charge is 0.407 e. The summed E-state index contributed by atoms with van der Waals surface area (Å²) in [6.07, 6.45) is 1.38. The molecule has 0 aliphatic rings. The van der Waals surface area contributed by atoms with Crippen LogP contribution >= 0.6 is 15.9 Å². The maximum atomic E-state index is 11.0. The minimum atomic E-state index is -0.426. The molecular weight excluding hydrogens is 250 g/mol. The van der Waals surface area contributed by atoms with Gasteiger partial charge in [0.1, 0.15) is 12.3 Å². The van der Waals surface area contributed by atoms with Gasteiger partial charge in [0, 0.05) is 19.8 Å². The first-order valence-corrected chi connectivity index (χ1v) is 5.01. The third-order valence-electron chi connectivity index (χ3n) is 1.52. The molecule has 6 heteroatoms. The summed E-state index contributed by atoms with van der Waals surface area (Å²) in [6, 6.07) is 0. The maximum absolute atomic E-state index is 11.0. The van der Waals surface area contributed by atoms with Crippen molar-refractivity contribution in [3.63, 3.8) is 0 Å². The van der Waals surface area contributed by atoms with Crippen molar-refractivity contribution in [2.75, 3.05) is 6.54 Å². The molecule has 1 rings (SSSR count). The van der Waals surface area contributed by atoms with E-state index in [-0.39, 0.29) is 6.61 Å². The van der Waals surface area contributed by atoms with Crippen LogP contribution in [0.4, 0.5) is 4.79 Å². The third kappa shape index (κ3) is 3.02. The van der Waals surface area contributed by atoms with Crippen molar-refractivity contribution in [3.8, 4) is 0 Å². The van der Waals surface area contributed by atoms with Crippen LogP contribution < -0.4 is 5.32 Å². The number of carbonyl (C=O) groups excluding carboxylic acids is 1. The molecule has 1 heterocycles. The topological polar surface area (TPSA) is 56.1 Å². The predicted molar refractivity (Wildman–Crippen MR) is 54.8 cm³/mol. The Labute approximate surface area is 90.6 Å². The summed E-state index contributed by atoms with van der Waals surface area (Å²) in [5.74, 6) is 0. The summed E-state index contributed by atoms with van der Waals surface area (Å²) in [5, 5.41) is 6.64. The van der Waals surface area contributed by atoms with Crippen LogP contribution in [0.3, 0.4) is 0 Å². The molecule has 0 radical (unpaired) electrons. The first-order valence-electron chi connectivity index (χ1n) is 4.22. The Morgan fingerprint density at radius 3 is 3.00 bits per heavy atom. The summed E-state index contributed by atoms with van der Waals surface area (Å²) in [5.41, 5.74) is 0.707. The van der Waals surface area contributed by atoms with Crippen LogP contribution in [0.5, 0.6) is 0 Å². The van der Waals surface area contributed by atoms with Crippen LogP contribution in [0.25, 0.3) is 0 Å². The molecule has 14 heavy (non-hydrogen) atoms. The van der Waals surface area contributed by atoms with Crippen LogP contribution in [-0.2, 0) is 18.4 Å². The first kappa shape index (κ1) is 11.0. The van der Waals surface area contributed by atoms with E-state index in [1.807, 2.05) is 6.92 Å². The number of aryl methyl sites for hydroxylation is 1. The molecule has 1 aromatic rings. The first-order chi connectivity index (χ1) is 6.63. The number of hydrogen-bond donors (Lipinski definition) is 1. The molecule has 0 saturated carbocycles. The van der Waals surface area contributed by atoms with Crippen molar-refractivity contribution >= 4 is 22.0 Å². The van der Waals surface area contributed by atoms with Gasteiger partial charge in [-0.05, 0) is 22.9 Å². The highest BCUT2D eigenvalue weighted by molar-refractivity contribution is 9.10. The molecule has 0 saturated heterocycles. The van der Waals surface area contributed by atoms with E-state index in [9.17, 15) is 4.79 Å². The van der Waals surface area contributed by atoms with Gasteiger partial charge in [0.2, 0.25) is 0 Å². The summed E-state index contributed by atoms with van der Waals surface area (Å²) in [7, 11) is 1.81. The fraction of sp³-hybridized carbons (Fsp3) is 0.500. The molecule has 0 fully saturated rings. The van der Waals surface area contributed by atoms with Gasteiger partial charge >= 0.3 is 6.09 Å². The lowest BCUT2D eigenvalue weighted by molar-refractivity contribution is 0.138. The van der Waals surface area contributed by atoms with Gasteiger partial charge in [0.05, 0.1) is 4.47 Å². The van der Waals surface area contributed by atoms with E-state index in [4.69, 9.17) is 4.74 Å². The summed E-state index contributed by atoms with van der Waals surface area (Å²) < 4.78 is 7.40. The zero-order valence-electron chi connectivity index (χ0n) is 8.08. The van der Waals surface area contributed by atoms with Crippen molar-refractivity contribution in [2.45, 2.75) is 13.5 Å². The lowest BCUT2D eigenvalue weighted by atomic mass is 10.5. The normalized spacial score (nSPS) is 9.93. The average molecular weight is 262 g/mol. The summed E-state index contributed by atoms with van der Waals surface area (Å²) in [4.78, 5) is 11.0. The lowest BCUT2D eigenvalue weighted by Crippen LogP contribution is -2.23. The van der Waals surface area contributed by atoms with E-state index in [0.29, 0.717) is 12.2 Å². The molecule has 5 nitrogen and oxygen atoms in total. The molecule has 1 N–H and O–H groups in total. The van der Waals surface area contributed by atoms with Gasteiger partial charge < -0.3 is 10.1 Å². The number of nitrogens with zero attached hydrogens (tertiary/aromatic N) is 2. The number of ether oxygens (including phenoxy) is 1. The molecule has 0 aliphatic carbocycles. The number of rotatable bonds is 3. The Morgan fingerprint density at radius 2 is 2.50 bits per heavy atom. The Morgan fingerprint density at radius 1 is 1.79 bits per heavy atom. The largest absolute Gasteiger partial charge is 0.443 e. The van der Waals surface area contributed by atoms with E-state index in [2.05, 4.69) is 26.3 Å². The molecule has 1 amide bonds. The van der Waals surface area contributed by atoms with E-state index in [1.165, 1.54) is 0 Å². The van der Waals surface area contributed by atoms with Crippen molar-refractivity contribution in [2.24, 2.45) is 7.05 Å². The van der Waals surface area contributed by atoms with Crippen LogP contribution in [-0.4, -0.2) is 22.4 Å². The number of alkyl carbamates (subject to hydrolysis) is 1. The van der Waals surface area contributed by atoms with Gasteiger partial charge in [0.15, 0.2) is 0 Å². The van der Waals surface area contributed by atoms with Gasteiger partial charge in [-0.1, -0.05) is 0 Å². The molecule has 0 aliphatic heterocycles. The molecule has 78 valence electrons. The maximum Gasteiger partial charge on any atom is 0.407 e. The second kappa shape index (κ2) is 4.99. The average Bonchev–Trinajstić information content (AvgIpc) is 2.42. The Kier molecular flexibility index (Phi) is 3.94. The molecule has 0 aromatic carbocycles. The molecule has 0 atom stereocenters. The highest BCUT2D eigenvalue weighted by atomic mass is 79.9. The van der Waals surface area contributed by atoms with Crippen LogP contribution in [0.1, 0.15) is 12.6 Å². The van der Waals surface area contributed by atoms with E-state index >= 15 is 0 Å². The molecule has 1 aromatic heterocycles. The van der Waals surface area contributed by atoms with Gasteiger partial charge in [-0.3, -0.25) is 4.68 Å².